The molecule has 0 bridgehead atoms. The fourth-order valence-electron chi connectivity index (χ4n) is 3.00. The number of Topliss-reactive ketones (excluding diaryl/α,β-unsaturated/α-hetero) is 1. The van der Waals surface area contributed by atoms with E-state index >= 15 is 0 Å². The number of nitrogens with one attached hydrogen (secondary N) is 1. The first-order chi connectivity index (χ1) is 15.1. The summed E-state index contributed by atoms with van der Waals surface area (Å²) < 4.78 is 9.32. The van der Waals surface area contributed by atoms with E-state index in [4.69, 9.17) is 10.5 Å². The number of carbonyl (C=O) groups is 6. The Bertz CT molecular complexity index is 736. The highest BCUT2D eigenvalue weighted by Gasteiger charge is 2.38. The number of ether oxygens (including phenoxy) is 2. The molecule has 1 heterocycles. The van der Waals surface area contributed by atoms with Gasteiger partial charge in [-0.3, -0.25) is 33.7 Å². The SMILES string of the molecule is CCOC(=O)CCC(=O)[C@H](CSC1CC(=O)N(CC)C1=O)NC(=O)CC[C@H](N)C(=O)OC.[Br-]. The molecule has 33 heavy (non-hydrogen) atoms. The van der Waals surface area contributed by atoms with Gasteiger partial charge in [-0.1, -0.05) is 0 Å². The molecule has 3 N–H and O–H groups in total. The number of hydrogen-bond donors (Lipinski definition) is 2. The predicted octanol–water partition coefficient (Wildman–Crippen LogP) is -3.45. The highest BCUT2D eigenvalue weighted by molar-refractivity contribution is 8.00. The second kappa shape index (κ2) is 15.8. The van der Waals surface area contributed by atoms with Crippen LogP contribution in [-0.2, 0) is 38.2 Å². The van der Waals surface area contributed by atoms with Crippen molar-refractivity contribution in [1.29, 1.82) is 0 Å². The molecule has 0 aliphatic carbocycles. The van der Waals surface area contributed by atoms with Gasteiger partial charge in [0.2, 0.25) is 17.7 Å². The van der Waals surface area contributed by atoms with Gasteiger partial charge in [-0.25, -0.2) is 0 Å². The lowest BCUT2D eigenvalue weighted by atomic mass is 10.1. The number of likely N-dealkylation sites (tertiary alicyclic amines) is 1. The lowest BCUT2D eigenvalue weighted by molar-refractivity contribution is -0.144. The van der Waals surface area contributed by atoms with Gasteiger partial charge in [-0.15, -0.1) is 11.8 Å². The van der Waals surface area contributed by atoms with E-state index in [-0.39, 0.29) is 79.8 Å². The minimum Gasteiger partial charge on any atom is -1.00 e. The van der Waals surface area contributed by atoms with Crippen LogP contribution in [0.3, 0.4) is 0 Å². The minimum absolute atomic E-state index is 0. The maximum Gasteiger partial charge on any atom is 0.322 e. The number of nitrogens with two attached hydrogens (primary N) is 1. The first-order valence-electron chi connectivity index (χ1n) is 10.4. The standard InChI is InChI=1S/C20H31N3O8S.BrH/c1-4-23-17(26)10-15(19(23)28)32-11-13(14(24)7-9-18(27)31-5-2)22-16(25)8-6-12(21)20(29)30-3;/h12-13,15H,4-11,21H2,1-3H3,(H,22,25);1H/p-1/t12-,13-,15?;/m0./s1. The Morgan fingerprint density at radius 1 is 1.18 bits per heavy atom. The number of thioether (sulfide) groups is 1. The molecule has 13 heteroatoms. The third kappa shape index (κ3) is 10.2. The zero-order chi connectivity index (χ0) is 24.3. The molecule has 1 rings (SSSR count). The average Bonchev–Trinajstić information content (AvgIpc) is 3.04. The number of nitrogens with zero attached hydrogens (tertiary/aromatic N) is 1. The number of methoxy groups -OCH3 is 1. The second-order valence-corrected chi connectivity index (χ2v) is 8.30. The van der Waals surface area contributed by atoms with Crippen LogP contribution in [0.15, 0.2) is 0 Å². The topological polar surface area (TPSA) is 162 Å². The number of halogens is 1. The van der Waals surface area contributed by atoms with E-state index in [1.54, 1.807) is 13.8 Å². The summed E-state index contributed by atoms with van der Waals surface area (Å²) in [5.41, 5.74) is 5.62. The van der Waals surface area contributed by atoms with Crippen molar-refractivity contribution < 1.29 is 55.2 Å². The highest BCUT2D eigenvalue weighted by atomic mass is 79.9. The molecule has 188 valence electrons. The molecule has 1 saturated heterocycles. The largest absolute Gasteiger partial charge is 1.00 e. The molecule has 0 aromatic rings. The lowest BCUT2D eigenvalue weighted by Gasteiger charge is -2.19. The summed E-state index contributed by atoms with van der Waals surface area (Å²) in [6.45, 7) is 3.81. The van der Waals surface area contributed by atoms with Gasteiger partial charge in [0.25, 0.3) is 0 Å². The van der Waals surface area contributed by atoms with Crippen LogP contribution < -0.4 is 28.0 Å². The highest BCUT2D eigenvalue weighted by Crippen LogP contribution is 2.26. The van der Waals surface area contributed by atoms with Gasteiger partial charge in [0.05, 0.1) is 31.4 Å². The molecule has 1 aliphatic heterocycles. The number of hydrogen-bond acceptors (Lipinski definition) is 10. The van der Waals surface area contributed by atoms with E-state index < -0.39 is 41.0 Å². The summed E-state index contributed by atoms with van der Waals surface area (Å²) in [5, 5.41) is 1.95. The Morgan fingerprint density at radius 2 is 1.85 bits per heavy atom. The molecule has 0 aromatic carbocycles. The second-order valence-electron chi connectivity index (χ2n) is 7.06. The Labute approximate surface area is 207 Å². The zero-order valence-corrected chi connectivity index (χ0v) is 21.4. The van der Waals surface area contributed by atoms with Crippen LogP contribution in [-0.4, -0.2) is 83.7 Å². The monoisotopic (exact) mass is 552 g/mol. The minimum atomic E-state index is -0.977. The third-order valence-corrected chi connectivity index (χ3v) is 6.07. The van der Waals surface area contributed by atoms with Gasteiger partial charge < -0.3 is 37.5 Å². The van der Waals surface area contributed by atoms with Gasteiger partial charge >= 0.3 is 11.9 Å². The van der Waals surface area contributed by atoms with Crippen molar-refractivity contribution in [1.82, 2.24) is 10.2 Å². The Morgan fingerprint density at radius 3 is 2.39 bits per heavy atom. The fraction of sp³-hybridized carbons (Fsp3) is 0.700. The Balaban J connectivity index is 0.0000102. The Hall–Kier alpha value is -1.99. The van der Waals surface area contributed by atoms with Crippen molar-refractivity contribution in [3.8, 4) is 0 Å². The van der Waals surface area contributed by atoms with Crippen LogP contribution in [0.4, 0.5) is 0 Å². The molecule has 3 atom stereocenters. The van der Waals surface area contributed by atoms with Gasteiger partial charge in [0, 0.05) is 31.6 Å². The zero-order valence-electron chi connectivity index (χ0n) is 19.0. The summed E-state index contributed by atoms with van der Waals surface area (Å²) in [7, 11) is 1.19. The van der Waals surface area contributed by atoms with Crippen molar-refractivity contribution >= 4 is 47.2 Å². The van der Waals surface area contributed by atoms with E-state index in [9.17, 15) is 28.8 Å². The molecule has 0 radical (unpaired) electrons. The van der Waals surface area contributed by atoms with Crippen molar-refractivity contribution in [2.45, 2.75) is 63.3 Å². The maximum atomic E-state index is 12.7. The van der Waals surface area contributed by atoms with Crippen LogP contribution in [0.5, 0.6) is 0 Å². The molecule has 1 aliphatic rings. The summed E-state index contributed by atoms with van der Waals surface area (Å²) in [4.78, 5) is 73.3. The molecular formula is C20H31BrN3O8S-. The van der Waals surface area contributed by atoms with Crippen LogP contribution in [0.1, 0.15) is 46.0 Å². The fourth-order valence-corrected chi connectivity index (χ4v) is 4.22. The van der Waals surface area contributed by atoms with Gasteiger partial charge in [-0.05, 0) is 20.3 Å². The van der Waals surface area contributed by atoms with Crippen LogP contribution >= 0.6 is 11.8 Å². The summed E-state index contributed by atoms with van der Waals surface area (Å²) in [6.07, 6.45) is -0.349. The van der Waals surface area contributed by atoms with Crippen molar-refractivity contribution in [2.24, 2.45) is 5.73 Å². The van der Waals surface area contributed by atoms with Crippen molar-refractivity contribution in [3.05, 3.63) is 0 Å². The van der Waals surface area contributed by atoms with Gasteiger partial charge in [0.1, 0.15) is 6.04 Å². The van der Waals surface area contributed by atoms with Gasteiger partial charge in [0.15, 0.2) is 5.78 Å². The van der Waals surface area contributed by atoms with Crippen LogP contribution in [0.2, 0.25) is 0 Å². The first-order valence-corrected chi connectivity index (χ1v) is 11.5. The summed E-state index contributed by atoms with van der Waals surface area (Å²) >= 11 is 1.11. The molecule has 1 fully saturated rings. The summed E-state index contributed by atoms with van der Waals surface area (Å²) in [6, 6.07) is -1.95. The molecule has 3 amide bonds. The predicted molar refractivity (Wildman–Crippen MR) is 115 cm³/mol. The molecule has 0 saturated carbocycles. The summed E-state index contributed by atoms with van der Waals surface area (Å²) in [5.74, 6) is -2.64. The van der Waals surface area contributed by atoms with Gasteiger partial charge in [-0.2, -0.15) is 0 Å². The Kier molecular flexibility index (Phi) is 14.8. The van der Waals surface area contributed by atoms with Crippen LogP contribution in [0.25, 0.3) is 0 Å². The average molecular weight is 553 g/mol. The van der Waals surface area contributed by atoms with Crippen molar-refractivity contribution in [2.75, 3.05) is 26.0 Å². The number of amides is 3. The normalized spacial score (nSPS) is 17.1. The maximum absolute atomic E-state index is 12.7. The van der Waals surface area contributed by atoms with E-state index in [1.165, 1.54) is 7.11 Å². The number of carbonyl (C=O) groups excluding carboxylic acids is 6. The smallest absolute Gasteiger partial charge is 0.322 e. The van der Waals surface area contributed by atoms with Crippen molar-refractivity contribution in [3.63, 3.8) is 0 Å². The number of esters is 2. The molecule has 0 aromatic heterocycles. The third-order valence-electron chi connectivity index (χ3n) is 4.77. The molecule has 1 unspecified atom stereocenters. The number of ketones is 1. The lowest BCUT2D eigenvalue weighted by Crippen LogP contribution is -3.00. The van der Waals surface area contributed by atoms with E-state index in [1.807, 2.05) is 0 Å². The number of rotatable bonds is 14. The molecular weight excluding hydrogens is 522 g/mol. The molecule has 11 nitrogen and oxygen atoms in total. The van der Waals surface area contributed by atoms with E-state index in [0.717, 1.165) is 16.7 Å². The number of imide groups is 1. The molecule has 0 spiro atoms. The van der Waals surface area contributed by atoms with Crippen LogP contribution in [0, 0.1) is 0 Å². The van der Waals surface area contributed by atoms with E-state index in [0.29, 0.717) is 0 Å². The van der Waals surface area contributed by atoms with E-state index in [2.05, 4.69) is 10.1 Å². The quantitative estimate of drug-likeness (QED) is 0.163. The first kappa shape index (κ1) is 31.0.